The maximum atomic E-state index is 11.2. The Labute approximate surface area is 80.2 Å². The minimum atomic E-state index is 0.226. The van der Waals surface area contributed by atoms with Crippen LogP contribution in [0.25, 0.3) is 0 Å². The largest absolute Gasteiger partial charge is 0.294 e. The first-order valence-corrected chi connectivity index (χ1v) is 5.89. The van der Waals surface area contributed by atoms with Gasteiger partial charge in [0.05, 0.1) is 4.88 Å². The summed E-state index contributed by atoms with van der Waals surface area (Å²) in [6.45, 7) is 1.66. The summed E-state index contributed by atoms with van der Waals surface area (Å²) in [6.07, 6.45) is 2.31. The summed E-state index contributed by atoms with van der Waals surface area (Å²) in [7, 11) is 0. The molecule has 0 saturated heterocycles. The molecule has 0 amide bonds. The molecule has 0 bridgehead atoms. The van der Waals surface area contributed by atoms with Gasteiger partial charge in [0.15, 0.2) is 5.78 Å². The number of rotatable bonds is 1. The van der Waals surface area contributed by atoms with Gasteiger partial charge in [0.1, 0.15) is 0 Å². The smallest absolute Gasteiger partial charge is 0.170 e. The van der Waals surface area contributed by atoms with Crippen molar-refractivity contribution in [2.75, 3.05) is 5.75 Å². The Bertz CT molecular complexity index is 314. The SMILES string of the molecule is CC(=O)c1scc2c1CCCS2. The highest BCUT2D eigenvalue weighted by Gasteiger charge is 2.17. The zero-order valence-electron chi connectivity index (χ0n) is 6.92. The Morgan fingerprint density at radius 1 is 1.58 bits per heavy atom. The van der Waals surface area contributed by atoms with Crippen LogP contribution < -0.4 is 0 Å². The Kier molecular flexibility index (Phi) is 2.24. The highest BCUT2D eigenvalue weighted by Crippen LogP contribution is 2.36. The Morgan fingerprint density at radius 3 is 3.17 bits per heavy atom. The molecule has 0 fully saturated rings. The lowest BCUT2D eigenvalue weighted by Crippen LogP contribution is -2.00. The van der Waals surface area contributed by atoms with Crippen molar-refractivity contribution in [3.8, 4) is 0 Å². The molecule has 3 heteroatoms. The molecule has 12 heavy (non-hydrogen) atoms. The zero-order chi connectivity index (χ0) is 8.55. The third-order valence-corrected chi connectivity index (χ3v) is 4.44. The second kappa shape index (κ2) is 3.23. The Balaban J connectivity index is 2.44. The van der Waals surface area contributed by atoms with Crippen molar-refractivity contribution in [2.24, 2.45) is 0 Å². The molecule has 0 aromatic carbocycles. The molecule has 0 N–H and O–H groups in total. The van der Waals surface area contributed by atoms with E-state index in [0.29, 0.717) is 0 Å². The van der Waals surface area contributed by atoms with Gasteiger partial charge in [-0.2, -0.15) is 0 Å². The number of Topliss-reactive ketones (excluding diaryl/α,β-unsaturated/α-hetero) is 1. The molecule has 1 aliphatic heterocycles. The summed E-state index contributed by atoms with van der Waals surface area (Å²) in [5, 5.41) is 2.12. The standard InChI is InChI=1S/C9H10OS2/c1-6(10)9-7-3-2-4-11-8(7)5-12-9/h5H,2-4H2,1H3. The molecule has 0 aliphatic carbocycles. The molecule has 0 spiro atoms. The van der Waals surface area contributed by atoms with Crippen LogP contribution in [0.3, 0.4) is 0 Å². The first kappa shape index (κ1) is 8.32. The number of thioether (sulfide) groups is 1. The molecule has 1 nitrogen and oxygen atoms in total. The van der Waals surface area contributed by atoms with E-state index >= 15 is 0 Å². The summed E-state index contributed by atoms with van der Waals surface area (Å²) in [6, 6.07) is 0. The number of thiophene rings is 1. The number of carbonyl (C=O) groups excluding carboxylic acids is 1. The van der Waals surface area contributed by atoms with Gasteiger partial charge < -0.3 is 0 Å². The summed E-state index contributed by atoms with van der Waals surface area (Å²) in [4.78, 5) is 13.5. The van der Waals surface area contributed by atoms with Crippen molar-refractivity contribution >= 4 is 28.9 Å². The Hall–Kier alpha value is -0.280. The molecule has 0 unspecified atom stereocenters. The van der Waals surface area contributed by atoms with Gasteiger partial charge >= 0.3 is 0 Å². The maximum Gasteiger partial charge on any atom is 0.170 e. The van der Waals surface area contributed by atoms with Crippen LogP contribution in [0.1, 0.15) is 28.6 Å². The van der Waals surface area contributed by atoms with Crippen molar-refractivity contribution in [2.45, 2.75) is 24.7 Å². The van der Waals surface area contributed by atoms with Gasteiger partial charge in [-0.15, -0.1) is 23.1 Å². The quantitative estimate of drug-likeness (QED) is 0.645. The van der Waals surface area contributed by atoms with E-state index in [9.17, 15) is 4.79 Å². The molecule has 2 heterocycles. The highest BCUT2D eigenvalue weighted by atomic mass is 32.2. The predicted octanol–water partition coefficient (Wildman–Crippen LogP) is 2.99. The lowest BCUT2D eigenvalue weighted by Gasteiger charge is -2.10. The summed E-state index contributed by atoms with van der Waals surface area (Å²) in [5.41, 5.74) is 1.31. The van der Waals surface area contributed by atoms with Gasteiger partial charge in [0.2, 0.25) is 0 Å². The van der Waals surface area contributed by atoms with Gasteiger partial charge in [-0.05, 0) is 31.1 Å². The Morgan fingerprint density at radius 2 is 2.42 bits per heavy atom. The van der Waals surface area contributed by atoms with Crippen LogP contribution >= 0.6 is 23.1 Å². The van der Waals surface area contributed by atoms with Crippen LogP contribution in [0.5, 0.6) is 0 Å². The fourth-order valence-corrected chi connectivity index (χ4v) is 3.71. The third-order valence-electron chi connectivity index (χ3n) is 2.00. The zero-order valence-corrected chi connectivity index (χ0v) is 8.56. The monoisotopic (exact) mass is 198 g/mol. The van der Waals surface area contributed by atoms with E-state index in [1.54, 1.807) is 18.3 Å². The number of ketones is 1. The second-order valence-electron chi connectivity index (χ2n) is 2.92. The van der Waals surface area contributed by atoms with Crippen LogP contribution in [0.2, 0.25) is 0 Å². The van der Waals surface area contributed by atoms with E-state index in [0.717, 1.165) is 11.3 Å². The first-order chi connectivity index (χ1) is 5.79. The molecule has 0 saturated carbocycles. The maximum absolute atomic E-state index is 11.2. The van der Waals surface area contributed by atoms with Crippen LogP contribution in [-0.4, -0.2) is 11.5 Å². The van der Waals surface area contributed by atoms with Crippen LogP contribution in [-0.2, 0) is 6.42 Å². The molecule has 64 valence electrons. The minimum Gasteiger partial charge on any atom is -0.294 e. The molecule has 1 aliphatic rings. The minimum absolute atomic E-state index is 0.226. The number of hydrogen-bond donors (Lipinski definition) is 0. The van der Waals surface area contributed by atoms with Gasteiger partial charge in [-0.25, -0.2) is 0 Å². The van der Waals surface area contributed by atoms with Crippen LogP contribution in [0, 0.1) is 0 Å². The van der Waals surface area contributed by atoms with E-state index in [1.807, 2.05) is 11.8 Å². The lowest BCUT2D eigenvalue weighted by atomic mass is 10.1. The predicted molar refractivity (Wildman–Crippen MR) is 53.4 cm³/mol. The van der Waals surface area contributed by atoms with E-state index in [4.69, 9.17) is 0 Å². The van der Waals surface area contributed by atoms with Gasteiger partial charge in [-0.3, -0.25) is 4.79 Å². The summed E-state index contributed by atoms with van der Waals surface area (Å²) in [5.74, 6) is 1.44. The number of fused-ring (bicyclic) bond motifs is 1. The second-order valence-corrected chi connectivity index (χ2v) is 4.93. The van der Waals surface area contributed by atoms with E-state index in [2.05, 4.69) is 5.38 Å². The molecule has 2 rings (SSSR count). The molecule has 0 radical (unpaired) electrons. The molecule has 0 atom stereocenters. The van der Waals surface area contributed by atoms with Crippen LogP contribution in [0.15, 0.2) is 10.3 Å². The van der Waals surface area contributed by atoms with Crippen molar-refractivity contribution in [3.63, 3.8) is 0 Å². The average Bonchev–Trinajstić information content (AvgIpc) is 2.47. The molecule has 1 aromatic heterocycles. The first-order valence-electron chi connectivity index (χ1n) is 4.03. The van der Waals surface area contributed by atoms with Crippen molar-refractivity contribution in [1.29, 1.82) is 0 Å². The topological polar surface area (TPSA) is 17.1 Å². The van der Waals surface area contributed by atoms with E-state index in [1.165, 1.54) is 22.6 Å². The molecular formula is C9H10OS2. The van der Waals surface area contributed by atoms with E-state index < -0.39 is 0 Å². The summed E-state index contributed by atoms with van der Waals surface area (Å²) < 4.78 is 0. The number of hydrogen-bond acceptors (Lipinski definition) is 3. The molecular weight excluding hydrogens is 188 g/mol. The van der Waals surface area contributed by atoms with Gasteiger partial charge in [0, 0.05) is 10.3 Å². The fourth-order valence-electron chi connectivity index (χ4n) is 1.45. The van der Waals surface area contributed by atoms with Crippen LogP contribution in [0.4, 0.5) is 0 Å². The molecule has 1 aromatic rings. The van der Waals surface area contributed by atoms with Crippen molar-refractivity contribution < 1.29 is 4.79 Å². The van der Waals surface area contributed by atoms with Gasteiger partial charge in [0.25, 0.3) is 0 Å². The highest BCUT2D eigenvalue weighted by molar-refractivity contribution is 7.99. The summed E-state index contributed by atoms with van der Waals surface area (Å²) >= 11 is 3.49. The normalized spacial score (nSPS) is 15.8. The van der Waals surface area contributed by atoms with Crippen molar-refractivity contribution in [3.05, 3.63) is 15.8 Å². The third kappa shape index (κ3) is 1.31. The van der Waals surface area contributed by atoms with Crippen molar-refractivity contribution in [1.82, 2.24) is 0 Å². The lowest BCUT2D eigenvalue weighted by molar-refractivity contribution is 0.102. The average molecular weight is 198 g/mol. The van der Waals surface area contributed by atoms with E-state index in [-0.39, 0.29) is 5.78 Å². The van der Waals surface area contributed by atoms with Gasteiger partial charge in [-0.1, -0.05) is 0 Å². The number of carbonyl (C=O) groups is 1. The fraction of sp³-hybridized carbons (Fsp3) is 0.444.